The molecule has 2 aromatic rings. The summed E-state index contributed by atoms with van der Waals surface area (Å²) < 4.78 is 11.2. The molecule has 6 heteroatoms. The Labute approximate surface area is 121 Å². The molecule has 21 heavy (non-hydrogen) atoms. The zero-order valence-electron chi connectivity index (χ0n) is 11.4. The molecule has 1 aromatic heterocycles. The van der Waals surface area contributed by atoms with Crippen molar-refractivity contribution in [2.24, 2.45) is 0 Å². The average molecular weight is 283 g/mol. The highest BCUT2D eigenvalue weighted by Gasteiger charge is 2.55. The first-order chi connectivity index (χ1) is 10.3. The zero-order chi connectivity index (χ0) is 14.4. The molecule has 2 aliphatic rings. The molecule has 0 spiro atoms. The van der Waals surface area contributed by atoms with Crippen LogP contribution in [0.2, 0.25) is 0 Å². The van der Waals surface area contributed by atoms with Gasteiger partial charge in [0.25, 0.3) is 5.91 Å². The van der Waals surface area contributed by atoms with Crippen LogP contribution >= 0.6 is 0 Å². The van der Waals surface area contributed by atoms with Crippen LogP contribution in [-0.2, 0) is 10.5 Å². The van der Waals surface area contributed by atoms with E-state index in [0.717, 1.165) is 16.9 Å². The number of hydrogen-bond donors (Lipinski definition) is 0. The van der Waals surface area contributed by atoms with Crippen LogP contribution in [0.15, 0.2) is 36.7 Å². The third-order valence-corrected chi connectivity index (χ3v) is 4.06. The molecule has 0 bridgehead atoms. The van der Waals surface area contributed by atoms with Crippen LogP contribution in [0.3, 0.4) is 0 Å². The Morgan fingerprint density at radius 1 is 1.24 bits per heavy atom. The van der Waals surface area contributed by atoms with E-state index >= 15 is 0 Å². The lowest BCUT2D eigenvalue weighted by atomic mass is 9.96. The summed E-state index contributed by atoms with van der Waals surface area (Å²) in [5.41, 5.74) is 1.32. The van der Waals surface area contributed by atoms with Gasteiger partial charge in [-0.05, 0) is 12.1 Å². The van der Waals surface area contributed by atoms with Gasteiger partial charge in [0.2, 0.25) is 0 Å². The van der Waals surface area contributed by atoms with E-state index in [1.807, 2.05) is 24.3 Å². The second-order valence-electron chi connectivity index (χ2n) is 4.99. The number of methoxy groups -OCH3 is 1. The number of benzene rings is 1. The Kier molecular flexibility index (Phi) is 2.49. The molecule has 106 valence electrons. The van der Waals surface area contributed by atoms with E-state index in [1.54, 1.807) is 18.2 Å². The Morgan fingerprint density at radius 3 is 2.76 bits per heavy atom. The molecule has 1 atom stereocenters. The van der Waals surface area contributed by atoms with Crippen LogP contribution in [0.4, 0.5) is 0 Å². The molecule has 1 amide bonds. The highest BCUT2D eigenvalue weighted by atomic mass is 16.5. The summed E-state index contributed by atoms with van der Waals surface area (Å²) in [4.78, 5) is 14.3. The lowest BCUT2D eigenvalue weighted by Gasteiger charge is -2.31. The molecule has 0 unspecified atom stereocenters. The molecule has 1 aromatic carbocycles. The van der Waals surface area contributed by atoms with Crippen molar-refractivity contribution in [3.8, 4) is 5.75 Å². The van der Waals surface area contributed by atoms with E-state index < -0.39 is 5.72 Å². The minimum Gasteiger partial charge on any atom is -0.497 e. The second-order valence-corrected chi connectivity index (χ2v) is 4.99. The van der Waals surface area contributed by atoms with Gasteiger partial charge in [-0.1, -0.05) is 12.1 Å². The number of hydrogen-bond acceptors (Lipinski definition) is 5. The Balaban J connectivity index is 1.93. The summed E-state index contributed by atoms with van der Waals surface area (Å²) >= 11 is 0. The monoisotopic (exact) mass is 283 g/mol. The topological polar surface area (TPSA) is 64.6 Å². The van der Waals surface area contributed by atoms with Crippen molar-refractivity contribution in [2.45, 2.75) is 5.72 Å². The highest BCUT2D eigenvalue weighted by Crippen LogP contribution is 2.47. The molecule has 6 nitrogen and oxygen atoms in total. The first kappa shape index (κ1) is 12.3. The molecule has 0 N–H and O–H groups in total. The smallest absolute Gasteiger partial charge is 0.258 e. The molecular weight excluding hydrogens is 270 g/mol. The lowest BCUT2D eigenvalue weighted by Crippen LogP contribution is -2.40. The summed E-state index contributed by atoms with van der Waals surface area (Å²) in [6.45, 7) is 1.05. The third-order valence-electron chi connectivity index (χ3n) is 4.06. The quantitative estimate of drug-likeness (QED) is 0.828. The van der Waals surface area contributed by atoms with Crippen LogP contribution < -0.4 is 4.74 Å². The van der Waals surface area contributed by atoms with Gasteiger partial charge in [0.1, 0.15) is 5.75 Å². The fourth-order valence-corrected chi connectivity index (χ4v) is 3.11. The van der Waals surface area contributed by atoms with E-state index in [4.69, 9.17) is 9.47 Å². The fourth-order valence-electron chi connectivity index (χ4n) is 3.11. The second kappa shape index (κ2) is 4.26. The van der Waals surface area contributed by atoms with Crippen molar-refractivity contribution < 1.29 is 14.3 Å². The van der Waals surface area contributed by atoms with Crippen molar-refractivity contribution in [3.63, 3.8) is 0 Å². The number of carbonyl (C=O) groups excluding carboxylic acids is 1. The van der Waals surface area contributed by atoms with Crippen LogP contribution in [-0.4, -0.2) is 41.3 Å². The first-order valence-electron chi connectivity index (χ1n) is 6.69. The van der Waals surface area contributed by atoms with Gasteiger partial charge >= 0.3 is 0 Å². The van der Waals surface area contributed by atoms with Crippen LogP contribution in [0.1, 0.15) is 21.5 Å². The Hall–Kier alpha value is -2.47. The summed E-state index contributed by atoms with van der Waals surface area (Å²) in [6.07, 6.45) is 3.12. The molecule has 1 fully saturated rings. The van der Waals surface area contributed by atoms with Gasteiger partial charge in [0.15, 0.2) is 5.72 Å². The average Bonchev–Trinajstić information content (AvgIpc) is 3.08. The van der Waals surface area contributed by atoms with Crippen LogP contribution in [0, 0.1) is 0 Å². The molecule has 2 aliphatic heterocycles. The summed E-state index contributed by atoms with van der Waals surface area (Å²) in [6, 6.07) is 7.56. The third kappa shape index (κ3) is 1.48. The minimum atomic E-state index is -0.880. The maximum atomic E-state index is 12.5. The van der Waals surface area contributed by atoms with Crippen LogP contribution in [0.25, 0.3) is 0 Å². The van der Waals surface area contributed by atoms with Crippen molar-refractivity contribution in [1.29, 1.82) is 0 Å². The van der Waals surface area contributed by atoms with Gasteiger partial charge in [-0.3, -0.25) is 9.69 Å². The molecule has 3 heterocycles. The maximum absolute atomic E-state index is 12.5. The highest BCUT2D eigenvalue weighted by molar-refractivity contribution is 6.00. The van der Waals surface area contributed by atoms with Gasteiger partial charge in [0.05, 0.1) is 31.7 Å². The number of amides is 1. The summed E-state index contributed by atoms with van der Waals surface area (Å²) in [7, 11) is 1.62. The molecule has 1 saturated heterocycles. The molecule has 4 rings (SSSR count). The first-order valence-corrected chi connectivity index (χ1v) is 6.69. The largest absolute Gasteiger partial charge is 0.497 e. The molecule has 0 saturated carbocycles. The number of aromatic nitrogens is 2. The number of rotatable bonds is 2. The van der Waals surface area contributed by atoms with Gasteiger partial charge < -0.3 is 9.47 Å². The normalized spacial score (nSPS) is 23.1. The molecular formula is C15H13N3O3. The summed E-state index contributed by atoms with van der Waals surface area (Å²) in [5, 5.41) is 7.74. The fraction of sp³-hybridized carbons (Fsp3) is 0.267. The standard InChI is InChI=1S/C15H13N3O3/c1-20-11-4-2-10(3-5-11)15-13-9-17-16-8-12(13)14(19)18(15)6-7-21-15/h2-5,8-9H,6-7H2,1H3/t15-/m0/s1. The number of carbonyl (C=O) groups is 1. The number of fused-ring (bicyclic) bond motifs is 3. The summed E-state index contributed by atoms with van der Waals surface area (Å²) in [5.74, 6) is 0.699. The van der Waals surface area contributed by atoms with E-state index in [2.05, 4.69) is 10.2 Å². The predicted octanol–water partition coefficient (Wildman–Crippen LogP) is 1.17. The zero-order valence-corrected chi connectivity index (χ0v) is 11.4. The van der Waals surface area contributed by atoms with E-state index in [1.165, 1.54) is 6.20 Å². The van der Waals surface area contributed by atoms with Crippen molar-refractivity contribution in [3.05, 3.63) is 53.3 Å². The van der Waals surface area contributed by atoms with E-state index in [-0.39, 0.29) is 5.91 Å². The van der Waals surface area contributed by atoms with E-state index in [0.29, 0.717) is 18.7 Å². The van der Waals surface area contributed by atoms with Crippen molar-refractivity contribution in [1.82, 2.24) is 15.1 Å². The SMILES string of the molecule is COc1ccc([C@@]23OCCN2C(=O)c2cnncc23)cc1. The van der Waals surface area contributed by atoms with Gasteiger partial charge in [-0.25, -0.2) is 0 Å². The minimum absolute atomic E-state index is 0.0618. The lowest BCUT2D eigenvalue weighted by molar-refractivity contribution is -0.0306. The molecule has 0 radical (unpaired) electrons. The molecule has 0 aliphatic carbocycles. The Morgan fingerprint density at radius 2 is 2.00 bits per heavy atom. The van der Waals surface area contributed by atoms with Crippen LogP contribution in [0.5, 0.6) is 5.75 Å². The maximum Gasteiger partial charge on any atom is 0.258 e. The Bertz CT molecular complexity index is 716. The van der Waals surface area contributed by atoms with E-state index in [9.17, 15) is 4.79 Å². The van der Waals surface area contributed by atoms with Gasteiger partial charge in [-0.2, -0.15) is 10.2 Å². The predicted molar refractivity (Wildman–Crippen MR) is 72.8 cm³/mol. The van der Waals surface area contributed by atoms with Gasteiger partial charge in [-0.15, -0.1) is 0 Å². The van der Waals surface area contributed by atoms with Gasteiger partial charge in [0, 0.05) is 17.7 Å². The van der Waals surface area contributed by atoms with Crippen molar-refractivity contribution >= 4 is 5.91 Å². The number of ether oxygens (including phenoxy) is 2. The number of nitrogens with zero attached hydrogens (tertiary/aromatic N) is 3. The van der Waals surface area contributed by atoms with Crippen molar-refractivity contribution in [2.75, 3.05) is 20.3 Å².